The molecule has 3 aromatic rings. The Hall–Kier alpha value is -2.52. The van der Waals surface area contributed by atoms with Gasteiger partial charge in [0.25, 0.3) is 5.91 Å². The van der Waals surface area contributed by atoms with Crippen LogP contribution in [0.3, 0.4) is 0 Å². The van der Waals surface area contributed by atoms with Crippen molar-refractivity contribution in [2.75, 3.05) is 6.54 Å². The van der Waals surface area contributed by atoms with Crippen LogP contribution in [0, 0.1) is 0 Å². The van der Waals surface area contributed by atoms with Gasteiger partial charge in [-0.2, -0.15) is 0 Å². The smallest absolute Gasteiger partial charge is 0.263 e. The van der Waals surface area contributed by atoms with Crippen molar-refractivity contribution in [3.63, 3.8) is 0 Å². The molecule has 0 aliphatic carbocycles. The van der Waals surface area contributed by atoms with Crippen molar-refractivity contribution in [3.8, 4) is 5.75 Å². The van der Waals surface area contributed by atoms with E-state index in [-0.39, 0.29) is 5.91 Å². The highest BCUT2D eigenvalue weighted by molar-refractivity contribution is 6.30. The minimum absolute atomic E-state index is 0.129. The number of benzene rings is 3. The van der Waals surface area contributed by atoms with Gasteiger partial charge in [0.2, 0.25) is 0 Å². The predicted octanol–water partition coefficient (Wildman–Crippen LogP) is 5.40. The second kappa shape index (κ2) is 8.45. The summed E-state index contributed by atoms with van der Waals surface area (Å²) >= 11 is 5.88. The van der Waals surface area contributed by atoms with E-state index in [0.29, 0.717) is 17.3 Å². The zero-order valence-corrected chi connectivity index (χ0v) is 16.4. The molecule has 0 unspecified atom stereocenters. The van der Waals surface area contributed by atoms with Gasteiger partial charge in [0, 0.05) is 11.6 Å². The highest BCUT2D eigenvalue weighted by atomic mass is 35.5. The van der Waals surface area contributed by atoms with Gasteiger partial charge in [-0.3, -0.25) is 4.79 Å². The van der Waals surface area contributed by atoms with Gasteiger partial charge >= 0.3 is 0 Å². The monoisotopic (exact) mass is 381 g/mol. The second-order valence-electron chi connectivity index (χ2n) is 7.06. The third-order valence-electron chi connectivity index (χ3n) is 4.52. The summed E-state index contributed by atoms with van der Waals surface area (Å²) in [6.45, 7) is 4.14. The summed E-state index contributed by atoms with van der Waals surface area (Å²) in [5.41, 5.74) is 0.354. The van der Waals surface area contributed by atoms with Gasteiger partial charge in [-0.1, -0.05) is 54.1 Å². The normalized spacial score (nSPS) is 11.4. The number of ether oxygens (including phenoxy) is 1. The van der Waals surface area contributed by atoms with E-state index in [1.807, 2.05) is 0 Å². The Morgan fingerprint density at radius 2 is 1.70 bits per heavy atom. The van der Waals surface area contributed by atoms with Crippen LogP contribution in [-0.4, -0.2) is 18.1 Å². The van der Waals surface area contributed by atoms with Gasteiger partial charge in [0.1, 0.15) is 5.75 Å². The number of hydrogen-bond acceptors (Lipinski definition) is 2. The minimum Gasteiger partial charge on any atom is -0.478 e. The van der Waals surface area contributed by atoms with Crippen LogP contribution in [0.2, 0.25) is 5.02 Å². The number of rotatable bonds is 7. The van der Waals surface area contributed by atoms with Crippen LogP contribution in [0.15, 0.2) is 66.7 Å². The molecule has 3 nitrogen and oxygen atoms in total. The summed E-state index contributed by atoms with van der Waals surface area (Å²) in [5, 5.41) is 6.14. The van der Waals surface area contributed by atoms with Crippen LogP contribution in [0.1, 0.15) is 25.8 Å². The van der Waals surface area contributed by atoms with Gasteiger partial charge in [0.15, 0.2) is 5.60 Å². The van der Waals surface area contributed by atoms with Crippen LogP contribution in [0.4, 0.5) is 0 Å². The van der Waals surface area contributed by atoms with E-state index in [1.165, 1.54) is 16.3 Å². The first-order chi connectivity index (χ1) is 13.0. The lowest BCUT2D eigenvalue weighted by Gasteiger charge is -2.25. The Bertz CT molecular complexity index is 914. The molecule has 1 N–H and O–H groups in total. The Kier molecular flexibility index (Phi) is 6.02. The minimum atomic E-state index is -0.951. The molecule has 0 atom stereocenters. The van der Waals surface area contributed by atoms with Crippen LogP contribution in [-0.2, 0) is 11.2 Å². The van der Waals surface area contributed by atoms with E-state index in [4.69, 9.17) is 16.3 Å². The molecular formula is C23H24ClNO2. The summed E-state index contributed by atoms with van der Waals surface area (Å²) in [7, 11) is 0. The quantitative estimate of drug-likeness (QED) is 0.556. The first kappa shape index (κ1) is 19.2. The molecule has 0 aromatic heterocycles. The molecule has 0 saturated carbocycles. The fourth-order valence-electron chi connectivity index (χ4n) is 3.05. The topological polar surface area (TPSA) is 38.3 Å². The first-order valence-corrected chi connectivity index (χ1v) is 9.53. The van der Waals surface area contributed by atoms with E-state index in [0.717, 1.165) is 12.8 Å². The molecular weight excluding hydrogens is 358 g/mol. The van der Waals surface area contributed by atoms with Crippen LogP contribution >= 0.6 is 11.6 Å². The fraction of sp³-hybridized carbons (Fsp3) is 0.261. The molecule has 0 fully saturated rings. The lowest BCUT2D eigenvalue weighted by atomic mass is 10.0. The van der Waals surface area contributed by atoms with Crippen LogP contribution in [0.25, 0.3) is 10.8 Å². The van der Waals surface area contributed by atoms with E-state index >= 15 is 0 Å². The van der Waals surface area contributed by atoms with E-state index < -0.39 is 5.60 Å². The molecule has 0 saturated heterocycles. The van der Waals surface area contributed by atoms with Gasteiger partial charge in [0.05, 0.1) is 0 Å². The SMILES string of the molecule is CC(C)(Oc1ccc(Cl)cc1)C(=O)NCCCc1cccc2ccccc12. The maximum Gasteiger partial charge on any atom is 0.263 e. The first-order valence-electron chi connectivity index (χ1n) is 9.15. The fourth-order valence-corrected chi connectivity index (χ4v) is 3.17. The average molecular weight is 382 g/mol. The lowest BCUT2D eigenvalue weighted by Crippen LogP contribution is -2.46. The Labute approximate surface area is 165 Å². The van der Waals surface area contributed by atoms with E-state index in [1.54, 1.807) is 38.1 Å². The van der Waals surface area contributed by atoms with Crippen LogP contribution < -0.4 is 10.1 Å². The molecule has 0 spiro atoms. The predicted molar refractivity (Wildman–Crippen MR) is 111 cm³/mol. The molecule has 0 heterocycles. The zero-order chi connectivity index (χ0) is 19.3. The van der Waals surface area contributed by atoms with Crippen molar-refractivity contribution in [1.29, 1.82) is 0 Å². The number of carbonyl (C=O) groups is 1. The summed E-state index contributed by atoms with van der Waals surface area (Å²) in [6, 6.07) is 21.7. The summed E-state index contributed by atoms with van der Waals surface area (Å²) in [5.74, 6) is 0.491. The highest BCUT2D eigenvalue weighted by Gasteiger charge is 2.29. The van der Waals surface area contributed by atoms with Gasteiger partial charge < -0.3 is 10.1 Å². The van der Waals surface area contributed by atoms with Crippen molar-refractivity contribution < 1.29 is 9.53 Å². The van der Waals surface area contributed by atoms with Crippen molar-refractivity contribution in [2.45, 2.75) is 32.3 Å². The Morgan fingerprint density at radius 1 is 1.00 bits per heavy atom. The molecule has 3 rings (SSSR count). The highest BCUT2D eigenvalue weighted by Crippen LogP contribution is 2.21. The van der Waals surface area contributed by atoms with Gasteiger partial charge in [-0.15, -0.1) is 0 Å². The lowest BCUT2D eigenvalue weighted by molar-refractivity contribution is -0.134. The molecule has 0 bridgehead atoms. The Balaban J connectivity index is 1.52. The number of hydrogen-bond donors (Lipinski definition) is 1. The number of nitrogens with one attached hydrogen (secondary N) is 1. The maximum absolute atomic E-state index is 12.5. The summed E-state index contributed by atoms with van der Waals surface area (Å²) < 4.78 is 5.82. The molecule has 140 valence electrons. The van der Waals surface area contributed by atoms with Crippen molar-refractivity contribution >= 4 is 28.3 Å². The summed E-state index contributed by atoms with van der Waals surface area (Å²) in [4.78, 5) is 12.5. The largest absolute Gasteiger partial charge is 0.478 e. The van der Waals surface area contributed by atoms with Gasteiger partial charge in [-0.25, -0.2) is 0 Å². The van der Waals surface area contributed by atoms with Gasteiger partial charge in [-0.05, 0) is 67.3 Å². The van der Waals surface area contributed by atoms with Crippen LogP contribution in [0.5, 0.6) is 5.75 Å². The molecule has 1 amide bonds. The molecule has 0 radical (unpaired) electrons. The molecule has 27 heavy (non-hydrogen) atoms. The second-order valence-corrected chi connectivity index (χ2v) is 7.50. The number of fused-ring (bicyclic) bond motifs is 1. The van der Waals surface area contributed by atoms with E-state index in [9.17, 15) is 4.79 Å². The zero-order valence-electron chi connectivity index (χ0n) is 15.7. The molecule has 0 aliphatic rings. The summed E-state index contributed by atoms with van der Waals surface area (Å²) in [6.07, 6.45) is 1.79. The number of halogens is 1. The number of amides is 1. The molecule has 0 aliphatic heterocycles. The standard InChI is InChI=1S/C23H24ClNO2/c1-23(2,27-20-14-12-19(24)13-15-20)22(26)25-16-6-10-18-9-5-8-17-7-3-4-11-21(17)18/h3-5,7-9,11-15H,6,10,16H2,1-2H3,(H,25,26). The maximum atomic E-state index is 12.5. The number of carbonyl (C=O) groups excluding carboxylic acids is 1. The number of aryl methyl sites for hydroxylation is 1. The van der Waals surface area contributed by atoms with Crippen molar-refractivity contribution in [3.05, 3.63) is 77.3 Å². The van der Waals surface area contributed by atoms with Crippen molar-refractivity contribution in [1.82, 2.24) is 5.32 Å². The molecule has 3 aromatic carbocycles. The molecule has 4 heteroatoms. The van der Waals surface area contributed by atoms with Crippen molar-refractivity contribution in [2.24, 2.45) is 0 Å². The Morgan fingerprint density at radius 3 is 2.48 bits per heavy atom. The third-order valence-corrected chi connectivity index (χ3v) is 4.77. The average Bonchev–Trinajstić information content (AvgIpc) is 2.66. The van der Waals surface area contributed by atoms with E-state index in [2.05, 4.69) is 47.8 Å². The third kappa shape index (κ3) is 5.01.